The van der Waals surface area contributed by atoms with Crippen molar-refractivity contribution in [3.63, 3.8) is 0 Å². The van der Waals surface area contributed by atoms with Gasteiger partial charge in [0.15, 0.2) is 0 Å². The van der Waals surface area contributed by atoms with Crippen LogP contribution in [0.5, 0.6) is 0 Å². The van der Waals surface area contributed by atoms with E-state index in [1.807, 2.05) is 0 Å². The molecule has 0 saturated heterocycles. The van der Waals surface area contributed by atoms with E-state index >= 15 is 0 Å². The second-order valence-electron chi connectivity index (χ2n) is 4.46. The van der Waals surface area contributed by atoms with Crippen molar-refractivity contribution in [2.45, 2.75) is 25.6 Å². The van der Waals surface area contributed by atoms with Crippen molar-refractivity contribution in [3.8, 4) is 0 Å². The standard InChI is InChI=1S/C13H12Cl3F3N2O3/c1-2-24-10(22)5-9(13(17,18)19)21-12(23)20-6-3-7(14)11(16)8(15)4-6/h3-4,9H,2,5H2,1H3,(H2,20,21,23). The quantitative estimate of drug-likeness (QED) is 0.551. The fourth-order valence-corrected chi connectivity index (χ4v) is 2.18. The molecule has 1 unspecified atom stereocenters. The van der Waals surface area contributed by atoms with E-state index in [1.165, 1.54) is 19.1 Å². The van der Waals surface area contributed by atoms with Gasteiger partial charge in [0.1, 0.15) is 6.04 Å². The molecule has 0 radical (unpaired) electrons. The fourth-order valence-electron chi connectivity index (χ4n) is 1.59. The lowest BCUT2D eigenvalue weighted by atomic mass is 10.2. The molecule has 5 nitrogen and oxygen atoms in total. The number of nitrogens with one attached hydrogen (secondary N) is 2. The van der Waals surface area contributed by atoms with Gasteiger partial charge in [-0.15, -0.1) is 0 Å². The van der Waals surface area contributed by atoms with Crippen LogP contribution in [0.4, 0.5) is 23.7 Å². The minimum absolute atomic E-state index is 0.0124. The Morgan fingerprint density at radius 2 is 1.75 bits per heavy atom. The third-order valence-electron chi connectivity index (χ3n) is 2.62. The van der Waals surface area contributed by atoms with Crippen LogP contribution < -0.4 is 10.6 Å². The molecule has 0 spiro atoms. The van der Waals surface area contributed by atoms with Crippen molar-refractivity contribution in [2.24, 2.45) is 0 Å². The van der Waals surface area contributed by atoms with Gasteiger partial charge in [-0.2, -0.15) is 13.2 Å². The lowest BCUT2D eigenvalue weighted by Crippen LogP contribution is -2.48. The molecule has 11 heteroatoms. The maximum absolute atomic E-state index is 12.9. The summed E-state index contributed by atoms with van der Waals surface area (Å²) in [6.45, 7) is 1.38. The van der Waals surface area contributed by atoms with Crippen molar-refractivity contribution in [3.05, 3.63) is 27.2 Å². The summed E-state index contributed by atoms with van der Waals surface area (Å²) in [4.78, 5) is 22.9. The lowest BCUT2D eigenvalue weighted by Gasteiger charge is -2.21. The number of benzene rings is 1. The van der Waals surface area contributed by atoms with E-state index in [1.54, 1.807) is 5.32 Å². The topological polar surface area (TPSA) is 67.4 Å². The number of hydrogen-bond donors (Lipinski definition) is 2. The molecule has 0 fully saturated rings. The first-order chi connectivity index (χ1) is 11.0. The second-order valence-corrected chi connectivity index (χ2v) is 5.65. The number of hydrogen-bond acceptors (Lipinski definition) is 3. The Balaban J connectivity index is 2.80. The van der Waals surface area contributed by atoms with Gasteiger partial charge in [0.25, 0.3) is 0 Å². The summed E-state index contributed by atoms with van der Waals surface area (Å²) >= 11 is 17.2. The normalized spacial score (nSPS) is 12.5. The molecule has 0 saturated carbocycles. The number of anilines is 1. The van der Waals surface area contributed by atoms with E-state index in [0.717, 1.165) is 0 Å². The summed E-state index contributed by atoms with van der Waals surface area (Å²) < 4.78 is 43.1. The molecule has 0 aliphatic carbocycles. The predicted octanol–water partition coefficient (Wildman–Crippen LogP) is 4.65. The number of esters is 1. The lowest BCUT2D eigenvalue weighted by molar-refractivity contribution is -0.167. The van der Waals surface area contributed by atoms with Crippen LogP contribution in [-0.2, 0) is 9.53 Å². The van der Waals surface area contributed by atoms with Gasteiger partial charge in [0.05, 0.1) is 28.1 Å². The number of amides is 2. The number of urea groups is 1. The molecule has 1 rings (SSSR count). The summed E-state index contributed by atoms with van der Waals surface area (Å²) in [6.07, 6.45) is -5.88. The van der Waals surface area contributed by atoms with Gasteiger partial charge in [0, 0.05) is 5.69 Å². The Kier molecular flexibility index (Phi) is 7.44. The molecule has 134 valence electrons. The average molecular weight is 408 g/mol. The van der Waals surface area contributed by atoms with Crippen molar-refractivity contribution in [1.29, 1.82) is 0 Å². The fraction of sp³-hybridized carbons (Fsp3) is 0.385. The van der Waals surface area contributed by atoms with Crippen LogP contribution in [-0.4, -0.2) is 30.8 Å². The van der Waals surface area contributed by atoms with Gasteiger partial charge < -0.3 is 15.4 Å². The smallest absolute Gasteiger partial charge is 0.409 e. The molecule has 2 N–H and O–H groups in total. The summed E-state index contributed by atoms with van der Waals surface area (Å²) in [6, 6.07) is -1.18. The van der Waals surface area contributed by atoms with Crippen molar-refractivity contribution in [1.82, 2.24) is 5.32 Å². The van der Waals surface area contributed by atoms with Crippen LogP contribution in [0, 0.1) is 0 Å². The summed E-state index contributed by atoms with van der Waals surface area (Å²) in [5.74, 6) is -1.09. The molecular formula is C13H12Cl3F3N2O3. The minimum atomic E-state index is -4.83. The molecule has 2 amide bonds. The monoisotopic (exact) mass is 406 g/mol. The van der Waals surface area contributed by atoms with E-state index in [-0.39, 0.29) is 27.4 Å². The van der Waals surface area contributed by atoms with Crippen molar-refractivity contribution < 1.29 is 27.5 Å². The highest BCUT2D eigenvalue weighted by Gasteiger charge is 2.42. The average Bonchev–Trinajstić information content (AvgIpc) is 2.43. The Morgan fingerprint density at radius 1 is 1.21 bits per heavy atom. The number of rotatable bonds is 5. The van der Waals surface area contributed by atoms with Gasteiger partial charge in [-0.3, -0.25) is 4.79 Å². The highest BCUT2D eigenvalue weighted by atomic mass is 35.5. The van der Waals surface area contributed by atoms with E-state index in [0.29, 0.717) is 0 Å². The summed E-state index contributed by atoms with van der Waals surface area (Å²) in [5, 5.41) is 3.85. The number of carbonyl (C=O) groups is 2. The molecule has 0 bridgehead atoms. The highest BCUT2D eigenvalue weighted by molar-refractivity contribution is 6.48. The predicted molar refractivity (Wildman–Crippen MR) is 84.7 cm³/mol. The molecule has 0 aliphatic rings. The van der Waals surface area contributed by atoms with Gasteiger partial charge in [-0.25, -0.2) is 4.79 Å². The van der Waals surface area contributed by atoms with Crippen molar-refractivity contribution >= 4 is 52.5 Å². The van der Waals surface area contributed by atoms with Crippen molar-refractivity contribution in [2.75, 3.05) is 11.9 Å². The Morgan fingerprint density at radius 3 is 2.21 bits per heavy atom. The Bertz CT molecular complexity index is 603. The zero-order chi connectivity index (χ0) is 18.5. The number of alkyl halides is 3. The van der Waals surface area contributed by atoms with Gasteiger partial charge in [-0.1, -0.05) is 34.8 Å². The maximum Gasteiger partial charge on any atom is 0.409 e. The zero-order valence-corrected chi connectivity index (χ0v) is 14.4. The molecule has 0 aliphatic heterocycles. The maximum atomic E-state index is 12.9. The third-order valence-corrected chi connectivity index (χ3v) is 3.82. The van der Waals surface area contributed by atoms with E-state index in [4.69, 9.17) is 34.8 Å². The molecule has 24 heavy (non-hydrogen) atoms. The number of carbonyl (C=O) groups excluding carboxylic acids is 2. The molecule has 1 aromatic carbocycles. The first-order valence-corrected chi connectivity index (χ1v) is 7.62. The summed E-state index contributed by atoms with van der Waals surface area (Å²) in [5.41, 5.74) is 0.0314. The SMILES string of the molecule is CCOC(=O)CC(NC(=O)Nc1cc(Cl)c(Cl)c(Cl)c1)C(F)(F)F. The van der Waals surface area contributed by atoms with Gasteiger partial charge in [0.2, 0.25) is 0 Å². The minimum Gasteiger partial charge on any atom is -0.466 e. The van der Waals surface area contributed by atoms with E-state index in [2.05, 4.69) is 10.1 Å². The molecular weight excluding hydrogens is 396 g/mol. The second kappa shape index (κ2) is 8.64. The first kappa shape index (κ1) is 20.7. The van der Waals surface area contributed by atoms with Crippen LogP contribution in [0.25, 0.3) is 0 Å². The van der Waals surface area contributed by atoms with Crippen LogP contribution >= 0.6 is 34.8 Å². The molecule has 0 aromatic heterocycles. The van der Waals surface area contributed by atoms with Crippen LogP contribution in [0.1, 0.15) is 13.3 Å². The largest absolute Gasteiger partial charge is 0.466 e. The van der Waals surface area contributed by atoms with E-state index < -0.39 is 30.6 Å². The highest BCUT2D eigenvalue weighted by Crippen LogP contribution is 2.33. The molecule has 0 heterocycles. The van der Waals surface area contributed by atoms with E-state index in [9.17, 15) is 22.8 Å². The molecule has 1 aromatic rings. The molecule has 1 atom stereocenters. The number of halogens is 6. The third kappa shape index (κ3) is 6.26. The zero-order valence-electron chi connectivity index (χ0n) is 12.1. The van der Waals surface area contributed by atoms with Gasteiger partial charge >= 0.3 is 18.2 Å². The summed E-state index contributed by atoms with van der Waals surface area (Å²) in [7, 11) is 0. The first-order valence-electron chi connectivity index (χ1n) is 6.49. The van der Waals surface area contributed by atoms with Crippen LogP contribution in [0.3, 0.4) is 0 Å². The van der Waals surface area contributed by atoms with Gasteiger partial charge in [-0.05, 0) is 19.1 Å². The Labute approximate surface area is 150 Å². The Hall–Kier alpha value is -1.38. The van der Waals surface area contributed by atoms with Crippen LogP contribution in [0.2, 0.25) is 15.1 Å². The number of ether oxygens (including phenoxy) is 1. The van der Waals surface area contributed by atoms with Crippen LogP contribution in [0.15, 0.2) is 12.1 Å².